The molecule has 0 fully saturated rings. The van der Waals surface area contributed by atoms with Gasteiger partial charge in [0.1, 0.15) is 0 Å². The van der Waals surface area contributed by atoms with Crippen molar-refractivity contribution in [3.8, 4) is 11.5 Å². The molecule has 0 saturated heterocycles. The largest absolute Gasteiger partial charge is 0.490 e. The molecule has 2 aromatic carbocycles. The predicted octanol–water partition coefficient (Wildman–Crippen LogP) is 4.26. The Balaban J connectivity index is 1.59. The predicted molar refractivity (Wildman–Crippen MR) is 134 cm³/mol. The fourth-order valence-electron chi connectivity index (χ4n) is 3.40. The third kappa shape index (κ3) is 7.41. The Morgan fingerprint density at radius 3 is 2.14 bits per heavy atom. The van der Waals surface area contributed by atoms with Gasteiger partial charge in [0.25, 0.3) is 10.0 Å². The Kier molecular flexibility index (Phi) is 8.64. The van der Waals surface area contributed by atoms with Crippen molar-refractivity contribution >= 4 is 27.6 Å². The summed E-state index contributed by atoms with van der Waals surface area (Å²) in [5.41, 5.74) is 2.77. The average Bonchev–Trinajstić information content (AvgIpc) is 2.79. The first-order chi connectivity index (χ1) is 16.7. The molecule has 10 heteroatoms. The second kappa shape index (κ2) is 11.7. The van der Waals surface area contributed by atoms with Gasteiger partial charge in [0, 0.05) is 23.5 Å². The van der Waals surface area contributed by atoms with E-state index in [9.17, 15) is 13.2 Å². The highest BCUT2D eigenvalue weighted by atomic mass is 32.2. The van der Waals surface area contributed by atoms with Gasteiger partial charge in [-0.3, -0.25) is 4.79 Å². The maximum atomic E-state index is 12.7. The van der Waals surface area contributed by atoms with Crippen LogP contribution in [0.15, 0.2) is 53.4 Å². The standard InChI is InChI=1S/C25H30N4O5S/c1-5-33-22-13-7-19(16-23(22)34-6-2)8-14-24(30)28-20-9-11-21(12-10-20)35(31,32)29-25-26-17(3)15-18(4)27-25/h7,9-13,15-16H,5-6,8,14H2,1-4H3,(H,28,30)(H,26,27,29). The first-order valence-electron chi connectivity index (χ1n) is 11.3. The van der Waals surface area contributed by atoms with E-state index in [0.717, 1.165) is 5.56 Å². The Bertz CT molecular complexity index is 1260. The second-order valence-corrected chi connectivity index (χ2v) is 9.48. The minimum absolute atomic E-state index is 0.0154. The summed E-state index contributed by atoms with van der Waals surface area (Å²) in [6.45, 7) is 8.39. The van der Waals surface area contributed by atoms with Crippen LogP contribution in [0.5, 0.6) is 11.5 Å². The van der Waals surface area contributed by atoms with Crippen LogP contribution in [0, 0.1) is 13.8 Å². The zero-order valence-electron chi connectivity index (χ0n) is 20.3. The Morgan fingerprint density at radius 1 is 0.886 bits per heavy atom. The van der Waals surface area contributed by atoms with Crippen molar-refractivity contribution in [1.82, 2.24) is 9.97 Å². The molecule has 186 valence electrons. The van der Waals surface area contributed by atoms with E-state index in [4.69, 9.17) is 9.47 Å². The summed E-state index contributed by atoms with van der Waals surface area (Å²) in [6.07, 6.45) is 0.774. The van der Waals surface area contributed by atoms with E-state index in [1.807, 2.05) is 32.0 Å². The van der Waals surface area contributed by atoms with Gasteiger partial charge in [-0.15, -0.1) is 0 Å². The number of nitrogens with one attached hydrogen (secondary N) is 2. The number of carbonyl (C=O) groups is 1. The maximum absolute atomic E-state index is 12.7. The number of aromatic nitrogens is 2. The van der Waals surface area contributed by atoms with Gasteiger partial charge in [0.2, 0.25) is 11.9 Å². The summed E-state index contributed by atoms with van der Waals surface area (Å²) in [7, 11) is -3.86. The van der Waals surface area contributed by atoms with E-state index in [1.54, 1.807) is 32.0 Å². The highest BCUT2D eigenvalue weighted by Gasteiger charge is 2.16. The van der Waals surface area contributed by atoms with Crippen LogP contribution >= 0.6 is 0 Å². The first kappa shape index (κ1) is 26.0. The molecule has 0 aliphatic heterocycles. The normalized spacial score (nSPS) is 11.1. The van der Waals surface area contributed by atoms with Gasteiger partial charge in [0.05, 0.1) is 18.1 Å². The van der Waals surface area contributed by atoms with E-state index in [-0.39, 0.29) is 23.2 Å². The summed E-state index contributed by atoms with van der Waals surface area (Å²) in [4.78, 5) is 20.7. The topological polar surface area (TPSA) is 120 Å². The molecule has 1 aromatic heterocycles. The lowest BCUT2D eigenvalue weighted by atomic mass is 10.1. The van der Waals surface area contributed by atoms with Gasteiger partial charge < -0.3 is 14.8 Å². The zero-order chi connectivity index (χ0) is 25.4. The highest BCUT2D eigenvalue weighted by molar-refractivity contribution is 7.92. The summed E-state index contributed by atoms with van der Waals surface area (Å²) >= 11 is 0. The molecule has 2 N–H and O–H groups in total. The molecule has 35 heavy (non-hydrogen) atoms. The summed E-state index contributed by atoms with van der Waals surface area (Å²) in [5, 5.41) is 2.79. The molecular formula is C25H30N4O5S. The minimum Gasteiger partial charge on any atom is -0.490 e. The van der Waals surface area contributed by atoms with Crippen molar-refractivity contribution in [3.05, 3.63) is 65.5 Å². The molecule has 0 atom stereocenters. The zero-order valence-corrected chi connectivity index (χ0v) is 21.1. The number of carbonyl (C=O) groups excluding carboxylic acids is 1. The van der Waals surface area contributed by atoms with Gasteiger partial charge in [-0.25, -0.2) is 23.1 Å². The fourth-order valence-corrected chi connectivity index (χ4v) is 4.34. The molecule has 3 rings (SSSR count). The molecule has 3 aromatic rings. The number of amides is 1. The monoisotopic (exact) mass is 498 g/mol. The minimum atomic E-state index is -3.86. The van der Waals surface area contributed by atoms with Crippen molar-refractivity contribution in [2.24, 2.45) is 0 Å². The van der Waals surface area contributed by atoms with E-state index in [1.165, 1.54) is 12.1 Å². The number of ether oxygens (including phenoxy) is 2. The second-order valence-electron chi connectivity index (χ2n) is 7.80. The van der Waals surface area contributed by atoms with Crippen LogP contribution in [0.25, 0.3) is 0 Å². The number of anilines is 2. The SMILES string of the molecule is CCOc1ccc(CCC(=O)Nc2ccc(S(=O)(=O)Nc3nc(C)cc(C)n3)cc2)cc1OCC. The molecular weight excluding hydrogens is 468 g/mol. The molecule has 0 aliphatic rings. The van der Waals surface area contributed by atoms with Gasteiger partial charge in [0.15, 0.2) is 11.5 Å². The molecule has 1 heterocycles. The van der Waals surface area contributed by atoms with Crippen molar-refractivity contribution < 1.29 is 22.7 Å². The van der Waals surface area contributed by atoms with Gasteiger partial charge in [-0.2, -0.15) is 0 Å². The molecule has 0 aliphatic carbocycles. The van der Waals surface area contributed by atoms with Crippen LogP contribution < -0.4 is 19.5 Å². The molecule has 0 unspecified atom stereocenters. The van der Waals surface area contributed by atoms with Crippen LogP contribution in [0.2, 0.25) is 0 Å². The van der Waals surface area contributed by atoms with Crippen LogP contribution in [-0.2, 0) is 21.2 Å². The third-order valence-corrected chi connectivity index (χ3v) is 6.25. The quantitative estimate of drug-likeness (QED) is 0.405. The number of aryl methyl sites for hydroxylation is 3. The van der Waals surface area contributed by atoms with Crippen LogP contribution in [0.3, 0.4) is 0 Å². The Labute approximate surface area is 206 Å². The summed E-state index contributed by atoms with van der Waals surface area (Å²) in [6, 6.07) is 13.3. The molecule has 9 nitrogen and oxygen atoms in total. The Hall–Kier alpha value is -3.66. The average molecular weight is 499 g/mol. The molecule has 0 bridgehead atoms. The van der Waals surface area contributed by atoms with Crippen molar-refractivity contribution in [1.29, 1.82) is 0 Å². The lowest BCUT2D eigenvalue weighted by Crippen LogP contribution is -2.16. The number of rotatable bonds is 11. The molecule has 0 saturated carbocycles. The number of hydrogen-bond acceptors (Lipinski definition) is 7. The van der Waals surface area contributed by atoms with E-state index >= 15 is 0 Å². The third-order valence-electron chi connectivity index (χ3n) is 4.90. The smallest absolute Gasteiger partial charge is 0.264 e. The van der Waals surface area contributed by atoms with Gasteiger partial charge >= 0.3 is 0 Å². The first-order valence-corrected chi connectivity index (χ1v) is 12.8. The summed E-state index contributed by atoms with van der Waals surface area (Å²) in [5.74, 6) is 1.16. The highest BCUT2D eigenvalue weighted by Crippen LogP contribution is 2.29. The van der Waals surface area contributed by atoms with Crippen LogP contribution in [0.4, 0.5) is 11.6 Å². The lowest BCUT2D eigenvalue weighted by molar-refractivity contribution is -0.116. The van der Waals surface area contributed by atoms with Gasteiger partial charge in [-0.1, -0.05) is 6.07 Å². The molecule has 0 radical (unpaired) electrons. The Morgan fingerprint density at radius 2 is 1.51 bits per heavy atom. The maximum Gasteiger partial charge on any atom is 0.264 e. The summed E-state index contributed by atoms with van der Waals surface area (Å²) < 4.78 is 38.9. The molecule has 0 spiro atoms. The number of sulfonamides is 1. The van der Waals surface area contributed by atoms with Crippen molar-refractivity contribution in [3.63, 3.8) is 0 Å². The van der Waals surface area contributed by atoms with E-state index in [0.29, 0.717) is 48.2 Å². The van der Waals surface area contributed by atoms with Crippen LogP contribution in [-0.4, -0.2) is 37.5 Å². The van der Waals surface area contributed by atoms with E-state index in [2.05, 4.69) is 20.0 Å². The molecule has 1 amide bonds. The van der Waals surface area contributed by atoms with E-state index < -0.39 is 10.0 Å². The lowest BCUT2D eigenvalue weighted by Gasteiger charge is -2.12. The number of nitrogens with zero attached hydrogens (tertiary/aromatic N) is 2. The fraction of sp³-hybridized carbons (Fsp3) is 0.320. The van der Waals surface area contributed by atoms with Gasteiger partial charge in [-0.05, 0) is 82.1 Å². The van der Waals surface area contributed by atoms with Crippen molar-refractivity contribution in [2.75, 3.05) is 23.3 Å². The number of benzene rings is 2. The van der Waals surface area contributed by atoms with Crippen molar-refractivity contribution in [2.45, 2.75) is 45.4 Å². The van der Waals surface area contributed by atoms with Crippen LogP contribution in [0.1, 0.15) is 37.2 Å². The number of hydrogen-bond donors (Lipinski definition) is 2.